The van der Waals surface area contributed by atoms with E-state index in [0.717, 1.165) is 33.5 Å². The number of carbonyl (C=O) groups is 1. The van der Waals surface area contributed by atoms with Gasteiger partial charge in [-0.15, -0.1) is 0 Å². The third-order valence-electron chi connectivity index (χ3n) is 5.76. The number of fused-ring (bicyclic) bond motifs is 1. The number of hydrogen-bond donors (Lipinski definition) is 1. The van der Waals surface area contributed by atoms with Crippen molar-refractivity contribution in [1.29, 1.82) is 0 Å². The van der Waals surface area contributed by atoms with E-state index >= 15 is 0 Å². The number of carbonyl (C=O) groups excluding carboxylic acids is 1. The second kappa shape index (κ2) is 8.47. The second-order valence-corrected chi connectivity index (χ2v) is 8.08. The maximum absolute atomic E-state index is 13.2. The van der Waals surface area contributed by atoms with Crippen molar-refractivity contribution in [3.05, 3.63) is 89.4 Å². The molecule has 0 aliphatic rings. The average Bonchev–Trinajstić information content (AvgIpc) is 3.41. The van der Waals surface area contributed by atoms with E-state index in [2.05, 4.69) is 15.5 Å². The van der Waals surface area contributed by atoms with Gasteiger partial charge in [0.1, 0.15) is 17.1 Å². The van der Waals surface area contributed by atoms with Crippen molar-refractivity contribution in [1.82, 2.24) is 24.5 Å². The summed E-state index contributed by atoms with van der Waals surface area (Å²) in [6.45, 7) is 5.76. The van der Waals surface area contributed by atoms with Gasteiger partial charge in [0.05, 0.1) is 35.9 Å². The Morgan fingerprint density at radius 3 is 2.53 bits per heavy atom. The molecule has 8 nitrogen and oxygen atoms in total. The second-order valence-electron chi connectivity index (χ2n) is 8.08. The van der Waals surface area contributed by atoms with Gasteiger partial charge in [-0.2, -0.15) is 14.9 Å². The molecule has 0 aliphatic carbocycles. The summed E-state index contributed by atoms with van der Waals surface area (Å²) in [6.07, 6.45) is 1.58. The highest BCUT2D eigenvalue weighted by molar-refractivity contribution is 6.04. The van der Waals surface area contributed by atoms with E-state index in [0.29, 0.717) is 22.9 Å². The van der Waals surface area contributed by atoms with Gasteiger partial charge in [-0.1, -0.05) is 30.3 Å². The highest BCUT2D eigenvalue weighted by atomic mass is 16.5. The Morgan fingerprint density at radius 1 is 0.971 bits per heavy atom. The molecule has 0 spiro atoms. The molecule has 0 unspecified atom stereocenters. The van der Waals surface area contributed by atoms with Crippen LogP contribution in [0.1, 0.15) is 27.3 Å². The lowest BCUT2D eigenvalue weighted by Gasteiger charge is -2.12. The first-order valence-electron chi connectivity index (χ1n) is 10.9. The molecule has 0 aliphatic heterocycles. The van der Waals surface area contributed by atoms with E-state index in [4.69, 9.17) is 9.72 Å². The lowest BCUT2D eigenvalue weighted by atomic mass is 10.1. The number of nitrogens with zero attached hydrogens (tertiary/aromatic N) is 5. The van der Waals surface area contributed by atoms with Gasteiger partial charge in [0, 0.05) is 11.5 Å². The summed E-state index contributed by atoms with van der Waals surface area (Å²) in [5.74, 6) is 1.53. The molecule has 170 valence electrons. The predicted octanol–water partition coefficient (Wildman–Crippen LogP) is 4.79. The van der Waals surface area contributed by atoms with Crippen LogP contribution in [-0.2, 0) is 0 Å². The van der Waals surface area contributed by atoms with Crippen LogP contribution in [0.4, 0.5) is 5.82 Å². The van der Waals surface area contributed by atoms with Crippen LogP contribution in [0.15, 0.2) is 66.9 Å². The smallest absolute Gasteiger partial charge is 0.260 e. The Labute approximate surface area is 196 Å². The largest absolute Gasteiger partial charge is 0.494 e. The first-order chi connectivity index (χ1) is 16.5. The topological polar surface area (TPSA) is 86.9 Å². The minimum Gasteiger partial charge on any atom is -0.494 e. The molecule has 5 aromatic rings. The van der Waals surface area contributed by atoms with Crippen molar-refractivity contribution >= 4 is 22.6 Å². The number of aromatic nitrogens is 5. The van der Waals surface area contributed by atoms with Crippen LogP contribution in [0.5, 0.6) is 5.75 Å². The number of anilines is 1. The minimum absolute atomic E-state index is 0.268. The van der Waals surface area contributed by atoms with Crippen molar-refractivity contribution in [3.8, 4) is 17.3 Å². The van der Waals surface area contributed by atoms with Gasteiger partial charge in [0.2, 0.25) is 0 Å². The molecule has 8 heteroatoms. The number of benzene rings is 2. The van der Waals surface area contributed by atoms with Crippen molar-refractivity contribution < 1.29 is 9.53 Å². The molecule has 2 aromatic carbocycles. The van der Waals surface area contributed by atoms with Gasteiger partial charge in [-0.25, -0.2) is 9.67 Å². The Hall–Kier alpha value is -4.46. The lowest BCUT2D eigenvalue weighted by molar-refractivity contribution is 0.102. The number of rotatable bonds is 5. The number of ether oxygens (including phenoxy) is 1. The molecule has 3 aromatic heterocycles. The lowest BCUT2D eigenvalue weighted by Crippen LogP contribution is -2.16. The van der Waals surface area contributed by atoms with Crippen LogP contribution in [0.3, 0.4) is 0 Å². The number of hydrogen-bond acceptors (Lipinski definition) is 5. The zero-order valence-corrected chi connectivity index (χ0v) is 19.4. The molecule has 0 bridgehead atoms. The zero-order chi connectivity index (χ0) is 23.8. The predicted molar refractivity (Wildman–Crippen MR) is 131 cm³/mol. The molecule has 0 atom stereocenters. The maximum atomic E-state index is 13.2. The summed E-state index contributed by atoms with van der Waals surface area (Å²) in [5, 5.41) is 13.0. The van der Waals surface area contributed by atoms with E-state index in [-0.39, 0.29) is 5.91 Å². The van der Waals surface area contributed by atoms with Gasteiger partial charge in [-0.3, -0.25) is 4.79 Å². The molecule has 5 rings (SSSR count). The van der Waals surface area contributed by atoms with Gasteiger partial charge in [0.25, 0.3) is 5.91 Å². The van der Waals surface area contributed by atoms with Crippen molar-refractivity contribution in [2.45, 2.75) is 20.8 Å². The minimum atomic E-state index is -0.268. The SMILES string of the molecule is COc1cccc2c(C)cc(-n3nc(C)cc3NC(=O)c3cnn(-c4ccccc4)c3C)nc12. The summed E-state index contributed by atoms with van der Waals surface area (Å²) < 4.78 is 8.90. The number of nitrogens with one attached hydrogen (secondary N) is 1. The van der Waals surface area contributed by atoms with Gasteiger partial charge < -0.3 is 10.1 Å². The number of aryl methyl sites for hydroxylation is 2. The van der Waals surface area contributed by atoms with Crippen molar-refractivity contribution in [3.63, 3.8) is 0 Å². The molecular formula is C26H24N6O2. The fourth-order valence-corrected chi connectivity index (χ4v) is 4.06. The van der Waals surface area contributed by atoms with Crippen LogP contribution in [-0.4, -0.2) is 37.6 Å². The Morgan fingerprint density at radius 2 is 1.76 bits per heavy atom. The fourth-order valence-electron chi connectivity index (χ4n) is 4.06. The monoisotopic (exact) mass is 452 g/mol. The molecule has 0 saturated heterocycles. The summed E-state index contributed by atoms with van der Waals surface area (Å²) in [5.41, 5.74) is 4.65. The van der Waals surface area contributed by atoms with Gasteiger partial charge in [0.15, 0.2) is 5.82 Å². The Kier molecular flexibility index (Phi) is 5.33. The first kappa shape index (κ1) is 21.4. The highest BCUT2D eigenvalue weighted by Gasteiger charge is 2.19. The fraction of sp³-hybridized carbons (Fsp3) is 0.154. The highest BCUT2D eigenvalue weighted by Crippen LogP contribution is 2.28. The zero-order valence-electron chi connectivity index (χ0n) is 19.4. The van der Waals surface area contributed by atoms with E-state index in [9.17, 15) is 4.79 Å². The summed E-state index contributed by atoms with van der Waals surface area (Å²) in [6, 6.07) is 19.3. The number of pyridine rings is 1. The van der Waals surface area contributed by atoms with Gasteiger partial charge >= 0.3 is 0 Å². The Balaban J connectivity index is 1.52. The summed E-state index contributed by atoms with van der Waals surface area (Å²) >= 11 is 0. The number of amides is 1. The Bertz CT molecular complexity index is 1520. The van der Waals surface area contributed by atoms with Crippen LogP contribution in [0.2, 0.25) is 0 Å². The molecule has 0 fully saturated rings. The average molecular weight is 453 g/mol. The molecule has 1 amide bonds. The first-order valence-corrected chi connectivity index (χ1v) is 10.9. The van der Waals surface area contributed by atoms with Crippen LogP contribution in [0.25, 0.3) is 22.4 Å². The molecule has 0 saturated carbocycles. The molecular weight excluding hydrogens is 428 g/mol. The molecule has 3 heterocycles. The van der Waals surface area contributed by atoms with E-state index in [1.54, 1.807) is 22.7 Å². The quantitative estimate of drug-likeness (QED) is 0.414. The van der Waals surface area contributed by atoms with Crippen LogP contribution >= 0.6 is 0 Å². The van der Waals surface area contributed by atoms with Crippen molar-refractivity contribution in [2.24, 2.45) is 0 Å². The van der Waals surface area contributed by atoms with E-state index in [1.165, 1.54) is 0 Å². The van der Waals surface area contributed by atoms with E-state index in [1.807, 2.05) is 81.4 Å². The van der Waals surface area contributed by atoms with Crippen LogP contribution in [0, 0.1) is 20.8 Å². The van der Waals surface area contributed by atoms with Gasteiger partial charge in [-0.05, 0) is 50.6 Å². The van der Waals surface area contributed by atoms with E-state index < -0.39 is 0 Å². The number of methoxy groups -OCH3 is 1. The molecule has 0 radical (unpaired) electrons. The molecule has 1 N–H and O–H groups in total. The number of para-hydroxylation sites is 2. The third kappa shape index (κ3) is 3.69. The maximum Gasteiger partial charge on any atom is 0.260 e. The van der Waals surface area contributed by atoms with Crippen molar-refractivity contribution in [2.75, 3.05) is 12.4 Å². The standard InChI is InChI=1S/C26H24N6O2/c1-16-13-23(28-25-20(16)11-8-12-22(25)34-4)32-24(14-17(2)30-32)29-26(33)21-15-27-31(18(21)3)19-9-6-5-7-10-19/h5-15H,1-4H3,(H,29,33). The summed E-state index contributed by atoms with van der Waals surface area (Å²) in [4.78, 5) is 18.0. The molecule has 34 heavy (non-hydrogen) atoms. The third-order valence-corrected chi connectivity index (χ3v) is 5.76. The normalized spacial score (nSPS) is 11.1. The van der Waals surface area contributed by atoms with Crippen LogP contribution < -0.4 is 10.1 Å². The summed E-state index contributed by atoms with van der Waals surface area (Å²) in [7, 11) is 1.63.